The number of hydrogen-bond donors (Lipinski definition) is 1. The maximum atomic E-state index is 11.2. The Morgan fingerprint density at radius 3 is 3.00 bits per heavy atom. The lowest BCUT2D eigenvalue weighted by Crippen LogP contribution is -2.07. The van der Waals surface area contributed by atoms with Crippen molar-refractivity contribution in [1.29, 1.82) is 0 Å². The fourth-order valence-electron chi connectivity index (χ4n) is 1.86. The van der Waals surface area contributed by atoms with Crippen molar-refractivity contribution in [3.8, 4) is 5.75 Å². The van der Waals surface area contributed by atoms with Crippen molar-refractivity contribution in [2.45, 2.75) is 26.5 Å². The number of imidazole rings is 1. The van der Waals surface area contributed by atoms with Gasteiger partial charge in [0, 0.05) is 11.0 Å². The van der Waals surface area contributed by atoms with Crippen LogP contribution in [0, 0.1) is 0 Å². The van der Waals surface area contributed by atoms with E-state index in [-0.39, 0.29) is 5.56 Å². The van der Waals surface area contributed by atoms with Gasteiger partial charge in [0.25, 0.3) is 0 Å². The molecule has 1 heterocycles. The molecule has 0 radical (unpaired) electrons. The Balaban J connectivity index is 2.14. The molecule has 5 nitrogen and oxygen atoms in total. The first-order valence-electron chi connectivity index (χ1n) is 6.26. The lowest BCUT2D eigenvalue weighted by atomic mass is 10.2. The number of aromatic carboxylic acids is 1. The number of carbonyl (C=O) groups is 1. The highest BCUT2D eigenvalue weighted by Gasteiger charge is 2.12. The van der Waals surface area contributed by atoms with Crippen LogP contribution in [0.2, 0.25) is 0 Å². The predicted octanol–water partition coefficient (Wildman–Crippen LogP) is 3.33. The average Bonchev–Trinajstić information content (AvgIpc) is 2.85. The van der Waals surface area contributed by atoms with E-state index in [1.807, 2.05) is 4.57 Å². The Morgan fingerprint density at radius 1 is 1.50 bits per heavy atom. The number of halogens is 1. The molecule has 0 atom stereocenters. The number of aromatic nitrogens is 2. The SMILES string of the molecule is CCCn1cncc1COc1ccc(Br)cc1C(=O)O. The number of aryl methyl sites for hydroxylation is 1. The zero-order valence-corrected chi connectivity index (χ0v) is 12.6. The van der Waals surface area contributed by atoms with Crippen LogP contribution in [0.15, 0.2) is 35.2 Å². The second-order valence-corrected chi connectivity index (χ2v) is 5.23. The van der Waals surface area contributed by atoms with Crippen LogP contribution < -0.4 is 4.74 Å². The highest BCUT2D eigenvalue weighted by Crippen LogP contribution is 2.24. The topological polar surface area (TPSA) is 64.4 Å². The first-order chi connectivity index (χ1) is 9.61. The van der Waals surface area contributed by atoms with Crippen LogP contribution in [0.4, 0.5) is 0 Å². The fourth-order valence-corrected chi connectivity index (χ4v) is 2.22. The van der Waals surface area contributed by atoms with Crippen molar-refractivity contribution in [3.05, 3.63) is 46.5 Å². The number of hydrogen-bond acceptors (Lipinski definition) is 3. The third-order valence-electron chi connectivity index (χ3n) is 2.81. The Kier molecular flexibility index (Phi) is 4.79. The predicted molar refractivity (Wildman–Crippen MR) is 78.0 cm³/mol. The van der Waals surface area contributed by atoms with E-state index in [1.54, 1.807) is 24.7 Å². The van der Waals surface area contributed by atoms with Gasteiger partial charge in [-0.05, 0) is 24.6 Å². The molecule has 0 aliphatic carbocycles. The molecule has 0 aliphatic heterocycles. The zero-order chi connectivity index (χ0) is 14.5. The van der Waals surface area contributed by atoms with Gasteiger partial charge in [0.2, 0.25) is 0 Å². The van der Waals surface area contributed by atoms with Crippen LogP contribution >= 0.6 is 15.9 Å². The molecular formula is C14H15BrN2O3. The molecular weight excluding hydrogens is 324 g/mol. The lowest BCUT2D eigenvalue weighted by Gasteiger charge is -2.11. The van der Waals surface area contributed by atoms with E-state index < -0.39 is 5.97 Å². The van der Waals surface area contributed by atoms with Crippen LogP contribution in [0.25, 0.3) is 0 Å². The van der Waals surface area contributed by atoms with E-state index in [1.165, 1.54) is 6.07 Å². The minimum Gasteiger partial charge on any atom is -0.486 e. The molecule has 2 aromatic rings. The monoisotopic (exact) mass is 338 g/mol. The minimum absolute atomic E-state index is 0.140. The molecule has 0 unspecified atom stereocenters. The molecule has 2 rings (SSSR count). The normalized spacial score (nSPS) is 10.5. The maximum Gasteiger partial charge on any atom is 0.339 e. The maximum absolute atomic E-state index is 11.2. The second kappa shape index (κ2) is 6.56. The van der Waals surface area contributed by atoms with Crippen LogP contribution in [0.5, 0.6) is 5.75 Å². The summed E-state index contributed by atoms with van der Waals surface area (Å²) in [5.74, 6) is -0.659. The summed E-state index contributed by atoms with van der Waals surface area (Å²) in [6, 6.07) is 4.93. The van der Waals surface area contributed by atoms with Crippen molar-refractivity contribution in [3.63, 3.8) is 0 Å². The molecule has 0 spiro atoms. The van der Waals surface area contributed by atoms with Crippen LogP contribution in [0.1, 0.15) is 29.4 Å². The summed E-state index contributed by atoms with van der Waals surface area (Å²) in [7, 11) is 0. The fraction of sp³-hybridized carbons (Fsp3) is 0.286. The zero-order valence-electron chi connectivity index (χ0n) is 11.0. The van der Waals surface area contributed by atoms with Crippen molar-refractivity contribution >= 4 is 21.9 Å². The van der Waals surface area contributed by atoms with Gasteiger partial charge in [-0.2, -0.15) is 0 Å². The quantitative estimate of drug-likeness (QED) is 0.877. The van der Waals surface area contributed by atoms with E-state index in [4.69, 9.17) is 9.84 Å². The highest BCUT2D eigenvalue weighted by molar-refractivity contribution is 9.10. The molecule has 106 valence electrons. The molecule has 1 N–H and O–H groups in total. The number of carboxylic acid groups (broad SMARTS) is 1. The molecule has 20 heavy (non-hydrogen) atoms. The summed E-state index contributed by atoms with van der Waals surface area (Å²) in [6.07, 6.45) is 4.48. The molecule has 1 aromatic carbocycles. The molecule has 0 amide bonds. The lowest BCUT2D eigenvalue weighted by molar-refractivity contribution is 0.0691. The highest BCUT2D eigenvalue weighted by atomic mass is 79.9. The Hall–Kier alpha value is -1.82. The largest absolute Gasteiger partial charge is 0.486 e. The molecule has 1 aromatic heterocycles. The van der Waals surface area contributed by atoms with E-state index >= 15 is 0 Å². The van der Waals surface area contributed by atoms with Gasteiger partial charge in [0.15, 0.2) is 0 Å². The smallest absolute Gasteiger partial charge is 0.339 e. The number of carboxylic acids is 1. The van der Waals surface area contributed by atoms with E-state index in [9.17, 15) is 4.79 Å². The Morgan fingerprint density at radius 2 is 2.30 bits per heavy atom. The van der Waals surface area contributed by atoms with Gasteiger partial charge in [-0.1, -0.05) is 22.9 Å². The number of benzene rings is 1. The molecule has 0 saturated carbocycles. The third-order valence-corrected chi connectivity index (χ3v) is 3.30. The van der Waals surface area contributed by atoms with Gasteiger partial charge < -0.3 is 14.4 Å². The van der Waals surface area contributed by atoms with E-state index in [0.29, 0.717) is 16.8 Å². The van der Waals surface area contributed by atoms with Crippen molar-refractivity contribution in [2.75, 3.05) is 0 Å². The number of ether oxygens (including phenoxy) is 1. The molecule has 0 fully saturated rings. The summed E-state index contributed by atoms with van der Waals surface area (Å²) in [5, 5.41) is 9.17. The number of nitrogens with zero attached hydrogens (tertiary/aromatic N) is 2. The average molecular weight is 339 g/mol. The van der Waals surface area contributed by atoms with E-state index in [2.05, 4.69) is 27.8 Å². The summed E-state index contributed by atoms with van der Waals surface area (Å²) in [4.78, 5) is 15.3. The molecule has 0 bridgehead atoms. The van der Waals surface area contributed by atoms with Crippen molar-refractivity contribution in [1.82, 2.24) is 9.55 Å². The molecule has 0 aliphatic rings. The van der Waals surface area contributed by atoms with Gasteiger partial charge in [-0.15, -0.1) is 0 Å². The minimum atomic E-state index is -1.01. The standard InChI is InChI=1S/C14H15BrN2O3/c1-2-5-17-9-16-7-11(17)8-20-13-4-3-10(15)6-12(13)14(18)19/h3-4,6-7,9H,2,5,8H2,1H3,(H,18,19). The van der Waals surface area contributed by atoms with Gasteiger partial charge >= 0.3 is 5.97 Å². The van der Waals surface area contributed by atoms with Crippen LogP contribution in [-0.4, -0.2) is 20.6 Å². The van der Waals surface area contributed by atoms with Crippen LogP contribution in [-0.2, 0) is 13.2 Å². The summed E-state index contributed by atoms with van der Waals surface area (Å²) in [6.45, 7) is 3.24. The summed E-state index contributed by atoms with van der Waals surface area (Å²) >= 11 is 3.25. The second-order valence-electron chi connectivity index (χ2n) is 4.31. The Labute approximate surface area is 125 Å². The first kappa shape index (κ1) is 14.6. The van der Waals surface area contributed by atoms with E-state index in [0.717, 1.165) is 18.7 Å². The van der Waals surface area contributed by atoms with Gasteiger partial charge in [-0.25, -0.2) is 9.78 Å². The van der Waals surface area contributed by atoms with Crippen molar-refractivity contribution in [2.24, 2.45) is 0 Å². The van der Waals surface area contributed by atoms with Gasteiger partial charge in [-0.3, -0.25) is 0 Å². The third kappa shape index (κ3) is 3.39. The van der Waals surface area contributed by atoms with Crippen LogP contribution in [0.3, 0.4) is 0 Å². The summed E-state index contributed by atoms with van der Waals surface area (Å²) < 4.78 is 8.33. The van der Waals surface area contributed by atoms with Crippen molar-refractivity contribution < 1.29 is 14.6 Å². The van der Waals surface area contributed by atoms with Gasteiger partial charge in [0.05, 0.1) is 18.2 Å². The molecule has 0 saturated heterocycles. The Bertz CT molecular complexity index is 610. The molecule has 6 heteroatoms. The summed E-state index contributed by atoms with van der Waals surface area (Å²) in [5.41, 5.74) is 1.06. The van der Waals surface area contributed by atoms with Gasteiger partial charge in [0.1, 0.15) is 17.9 Å². The first-order valence-corrected chi connectivity index (χ1v) is 7.05. The number of rotatable bonds is 6.